The van der Waals surface area contributed by atoms with Crippen LogP contribution < -0.4 is 5.32 Å². The SMILES string of the molecule is O=C(CN1CCN(S(=O)(=O)c2ccc3ccccc3c2)CC1)Nc1ccc(-c2ccccc2)cc1. The van der Waals surface area contributed by atoms with E-state index in [-0.39, 0.29) is 12.5 Å². The van der Waals surface area contributed by atoms with Gasteiger partial charge < -0.3 is 5.32 Å². The summed E-state index contributed by atoms with van der Waals surface area (Å²) in [6.45, 7) is 1.95. The first kappa shape index (κ1) is 23.2. The molecule has 0 aliphatic carbocycles. The van der Waals surface area contributed by atoms with Crippen LogP contribution in [0.5, 0.6) is 0 Å². The van der Waals surface area contributed by atoms with Crippen molar-refractivity contribution in [1.82, 2.24) is 9.21 Å². The molecule has 0 radical (unpaired) electrons. The van der Waals surface area contributed by atoms with Crippen molar-refractivity contribution in [3.8, 4) is 11.1 Å². The van der Waals surface area contributed by atoms with Crippen LogP contribution in [0.3, 0.4) is 0 Å². The molecule has 1 saturated heterocycles. The van der Waals surface area contributed by atoms with Crippen molar-refractivity contribution in [1.29, 1.82) is 0 Å². The predicted molar refractivity (Wildman–Crippen MR) is 140 cm³/mol. The molecule has 0 atom stereocenters. The lowest BCUT2D eigenvalue weighted by molar-refractivity contribution is -0.117. The van der Waals surface area contributed by atoms with Crippen molar-refractivity contribution >= 4 is 32.4 Å². The molecule has 0 spiro atoms. The standard InChI is InChI=1S/C28H27N3O3S/c32-28(29-26-13-10-24(11-14-26)22-6-2-1-3-7-22)21-30-16-18-31(19-17-30)35(33,34)27-15-12-23-8-4-5-9-25(23)20-27/h1-15,20H,16-19,21H2,(H,29,32). The number of piperazine rings is 1. The van der Waals surface area contributed by atoms with Gasteiger partial charge in [0.05, 0.1) is 11.4 Å². The van der Waals surface area contributed by atoms with Crippen LogP contribution in [0, 0.1) is 0 Å². The molecule has 5 rings (SSSR count). The highest BCUT2D eigenvalue weighted by atomic mass is 32.2. The molecule has 0 aromatic heterocycles. The van der Waals surface area contributed by atoms with Crippen LogP contribution in [0.15, 0.2) is 102 Å². The lowest BCUT2D eigenvalue weighted by atomic mass is 10.1. The van der Waals surface area contributed by atoms with Crippen molar-refractivity contribution < 1.29 is 13.2 Å². The lowest BCUT2D eigenvalue weighted by Crippen LogP contribution is -2.50. The second kappa shape index (κ2) is 10.00. The first-order valence-corrected chi connectivity index (χ1v) is 13.1. The van der Waals surface area contributed by atoms with Gasteiger partial charge in [-0.2, -0.15) is 4.31 Å². The zero-order valence-electron chi connectivity index (χ0n) is 19.3. The van der Waals surface area contributed by atoms with E-state index in [1.165, 1.54) is 4.31 Å². The maximum absolute atomic E-state index is 13.2. The van der Waals surface area contributed by atoms with Gasteiger partial charge in [-0.1, -0.05) is 72.8 Å². The van der Waals surface area contributed by atoms with Gasteiger partial charge in [0.2, 0.25) is 15.9 Å². The largest absolute Gasteiger partial charge is 0.325 e. The number of nitrogens with one attached hydrogen (secondary N) is 1. The Kier molecular flexibility index (Phi) is 6.63. The summed E-state index contributed by atoms with van der Waals surface area (Å²) in [5.74, 6) is -0.108. The maximum Gasteiger partial charge on any atom is 0.243 e. The van der Waals surface area contributed by atoms with Crippen LogP contribution in [0.25, 0.3) is 21.9 Å². The molecule has 35 heavy (non-hydrogen) atoms. The first-order chi connectivity index (χ1) is 17.0. The van der Waals surface area contributed by atoms with E-state index in [2.05, 4.69) is 5.32 Å². The summed E-state index contributed by atoms with van der Waals surface area (Å²) in [7, 11) is -3.57. The summed E-state index contributed by atoms with van der Waals surface area (Å²) in [6, 6.07) is 30.8. The fourth-order valence-electron chi connectivity index (χ4n) is 4.39. The molecule has 1 heterocycles. The molecule has 1 amide bonds. The molecule has 7 heteroatoms. The molecule has 1 N–H and O–H groups in total. The summed E-state index contributed by atoms with van der Waals surface area (Å²) in [5, 5.41) is 4.85. The number of hydrogen-bond acceptors (Lipinski definition) is 4. The van der Waals surface area contributed by atoms with Crippen molar-refractivity contribution in [3.63, 3.8) is 0 Å². The lowest BCUT2D eigenvalue weighted by Gasteiger charge is -2.33. The van der Waals surface area contributed by atoms with Gasteiger partial charge >= 0.3 is 0 Å². The minimum absolute atomic E-state index is 0.108. The number of rotatable bonds is 6. The molecular weight excluding hydrogens is 458 g/mol. The Morgan fingerprint density at radius 2 is 1.34 bits per heavy atom. The highest BCUT2D eigenvalue weighted by Gasteiger charge is 2.29. The Morgan fingerprint density at radius 1 is 0.714 bits per heavy atom. The Morgan fingerprint density at radius 3 is 2.06 bits per heavy atom. The van der Waals surface area contributed by atoms with Crippen LogP contribution in [-0.4, -0.2) is 56.3 Å². The van der Waals surface area contributed by atoms with E-state index in [4.69, 9.17) is 0 Å². The topological polar surface area (TPSA) is 69.7 Å². The quantitative estimate of drug-likeness (QED) is 0.438. The fourth-order valence-corrected chi connectivity index (χ4v) is 5.84. The first-order valence-electron chi connectivity index (χ1n) is 11.7. The second-order valence-electron chi connectivity index (χ2n) is 8.68. The highest BCUT2D eigenvalue weighted by molar-refractivity contribution is 7.89. The summed E-state index contributed by atoms with van der Waals surface area (Å²) in [5.41, 5.74) is 2.96. The van der Waals surface area contributed by atoms with E-state index >= 15 is 0 Å². The summed E-state index contributed by atoms with van der Waals surface area (Å²) >= 11 is 0. The van der Waals surface area contributed by atoms with Gasteiger partial charge in [-0.3, -0.25) is 9.69 Å². The molecule has 1 aliphatic heterocycles. The third kappa shape index (κ3) is 5.27. The zero-order chi connectivity index (χ0) is 24.3. The molecule has 0 saturated carbocycles. The van der Waals surface area contributed by atoms with Gasteiger partial charge in [0.25, 0.3) is 0 Å². The molecular formula is C28H27N3O3S. The van der Waals surface area contributed by atoms with Gasteiger partial charge in [0, 0.05) is 31.9 Å². The van der Waals surface area contributed by atoms with Crippen molar-refractivity contribution in [2.24, 2.45) is 0 Å². The summed E-state index contributed by atoms with van der Waals surface area (Å²) in [6.07, 6.45) is 0. The van der Waals surface area contributed by atoms with Crippen molar-refractivity contribution in [2.45, 2.75) is 4.90 Å². The molecule has 178 valence electrons. The van der Waals surface area contributed by atoms with Crippen LogP contribution in [-0.2, 0) is 14.8 Å². The number of hydrogen-bond donors (Lipinski definition) is 1. The van der Waals surface area contributed by atoms with Gasteiger partial charge in [0.15, 0.2) is 0 Å². The van der Waals surface area contributed by atoms with Gasteiger partial charge in [-0.05, 0) is 46.2 Å². The number of carbonyl (C=O) groups is 1. The Bertz CT molecular complexity index is 1430. The molecule has 4 aromatic rings. The Balaban J connectivity index is 1.15. The van der Waals surface area contributed by atoms with E-state index in [9.17, 15) is 13.2 Å². The van der Waals surface area contributed by atoms with Crippen LogP contribution in [0.4, 0.5) is 5.69 Å². The third-order valence-electron chi connectivity index (χ3n) is 6.33. The summed E-state index contributed by atoms with van der Waals surface area (Å²) in [4.78, 5) is 14.9. The van der Waals surface area contributed by atoms with Crippen LogP contribution in [0.2, 0.25) is 0 Å². The number of benzene rings is 4. The fraction of sp³-hybridized carbons (Fsp3) is 0.179. The number of nitrogens with zero attached hydrogens (tertiary/aromatic N) is 2. The van der Waals surface area contributed by atoms with E-state index in [0.717, 1.165) is 27.6 Å². The minimum atomic E-state index is -3.57. The van der Waals surface area contributed by atoms with Gasteiger partial charge in [0.1, 0.15) is 0 Å². The van der Waals surface area contributed by atoms with E-state index in [1.54, 1.807) is 12.1 Å². The Labute approximate surface area is 205 Å². The zero-order valence-corrected chi connectivity index (χ0v) is 20.1. The van der Waals surface area contributed by atoms with Gasteiger partial charge in [-0.15, -0.1) is 0 Å². The molecule has 6 nitrogen and oxygen atoms in total. The average molecular weight is 486 g/mol. The molecule has 1 fully saturated rings. The number of amides is 1. The van der Waals surface area contributed by atoms with Crippen molar-refractivity contribution in [2.75, 3.05) is 38.0 Å². The average Bonchev–Trinajstić information content (AvgIpc) is 2.89. The summed E-state index contributed by atoms with van der Waals surface area (Å²) < 4.78 is 27.8. The van der Waals surface area contributed by atoms with E-state index in [1.807, 2.05) is 89.8 Å². The number of sulfonamides is 1. The number of anilines is 1. The van der Waals surface area contributed by atoms with E-state index in [0.29, 0.717) is 31.1 Å². The minimum Gasteiger partial charge on any atom is -0.325 e. The normalized spacial score (nSPS) is 15.2. The predicted octanol–water partition coefficient (Wildman–Crippen LogP) is 4.45. The smallest absolute Gasteiger partial charge is 0.243 e. The molecule has 0 bridgehead atoms. The molecule has 0 unspecified atom stereocenters. The van der Waals surface area contributed by atoms with Crippen LogP contribution >= 0.6 is 0 Å². The Hall–Kier alpha value is -3.52. The molecule has 1 aliphatic rings. The van der Waals surface area contributed by atoms with Crippen LogP contribution in [0.1, 0.15) is 0 Å². The second-order valence-corrected chi connectivity index (χ2v) is 10.6. The number of carbonyl (C=O) groups excluding carboxylic acids is 1. The van der Waals surface area contributed by atoms with E-state index < -0.39 is 10.0 Å². The van der Waals surface area contributed by atoms with Gasteiger partial charge in [-0.25, -0.2) is 8.42 Å². The molecule has 4 aromatic carbocycles. The monoisotopic (exact) mass is 485 g/mol. The maximum atomic E-state index is 13.2. The van der Waals surface area contributed by atoms with Crippen molar-refractivity contribution in [3.05, 3.63) is 97.1 Å². The number of fused-ring (bicyclic) bond motifs is 1. The highest BCUT2D eigenvalue weighted by Crippen LogP contribution is 2.23. The third-order valence-corrected chi connectivity index (χ3v) is 8.23.